The van der Waals surface area contributed by atoms with E-state index in [2.05, 4.69) is 9.80 Å². The lowest BCUT2D eigenvalue weighted by atomic mass is 9.82. The molecule has 0 saturated carbocycles. The lowest BCUT2D eigenvalue weighted by Gasteiger charge is -2.47. The second-order valence-electron chi connectivity index (χ2n) is 7.18. The highest BCUT2D eigenvalue weighted by atomic mass is 16.3. The smallest absolute Gasteiger partial charge is 0.0901 e. The van der Waals surface area contributed by atoms with Gasteiger partial charge in [-0.2, -0.15) is 0 Å². The molecule has 0 spiro atoms. The van der Waals surface area contributed by atoms with Crippen LogP contribution in [-0.4, -0.2) is 71.0 Å². The normalized spacial score (nSPS) is 35.7. The molecule has 4 nitrogen and oxygen atoms in total. The van der Waals surface area contributed by atoms with Crippen LogP contribution in [0.5, 0.6) is 0 Å². The van der Waals surface area contributed by atoms with E-state index in [0.717, 1.165) is 37.9 Å². The molecule has 0 bridgehead atoms. The van der Waals surface area contributed by atoms with Crippen LogP contribution in [-0.2, 0) is 0 Å². The van der Waals surface area contributed by atoms with E-state index in [1.165, 1.54) is 51.7 Å². The third-order valence-corrected chi connectivity index (χ3v) is 5.80. The minimum atomic E-state index is -0.806. The number of nitrogens with zero attached hydrogens (tertiary/aromatic N) is 2. The first kappa shape index (κ1) is 14.8. The number of hydrogen-bond donors (Lipinski definition) is 2. The number of aliphatic hydroxyl groups is 2. The molecule has 20 heavy (non-hydrogen) atoms. The molecule has 4 heteroatoms. The van der Waals surface area contributed by atoms with Crippen LogP contribution in [0.25, 0.3) is 0 Å². The summed E-state index contributed by atoms with van der Waals surface area (Å²) >= 11 is 0. The Kier molecular flexibility index (Phi) is 4.65. The van der Waals surface area contributed by atoms with Crippen LogP contribution in [0.4, 0.5) is 0 Å². The molecule has 3 saturated heterocycles. The zero-order valence-corrected chi connectivity index (χ0v) is 12.6. The maximum atomic E-state index is 10.1. The second-order valence-corrected chi connectivity index (χ2v) is 7.18. The quantitative estimate of drug-likeness (QED) is 0.813. The van der Waals surface area contributed by atoms with E-state index >= 15 is 0 Å². The maximum Gasteiger partial charge on any atom is 0.0901 e. The van der Waals surface area contributed by atoms with Crippen LogP contribution in [0, 0.1) is 5.92 Å². The fraction of sp³-hybridized carbons (Fsp3) is 1.00. The van der Waals surface area contributed by atoms with E-state index in [1.807, 2.05) is 0 Å². The summed E-state index contributed by atoms with van der Waals surface area (Å²) in [5.41, 5.74) is -0.806. The van der Waals surface area contributed by atoms with Crippen molar-refractivity contribution >= 4 is 0 Å². The average molecular weight is 282 g/mol. The van der Waals surface area contributed by atoms with Gasteiger partial charge in [-0.05, 0) is 57.5 Å². The highest BCUT2D eigenvalue weighted by Crippen LogP contribution is 2.32. The molecule has 0 aromatic heterocycles. The minimum absolute atomic E-state index is 0.0827. The van der Waals surface area contributed by atoms with Gasteiger partial charge in [0.1, 0.15) is 0 Å². The van der Waals surface area contributed by atoms with Crippen molar-refractivity contribution in [1.82, 2.24) is 9.80 Å². The first-order chi connectivity index (χ1) is 9.70. The molecule has 0 radical (unpaired) electrons. The van der Waals surface area contributed by atoms with Gasteiger partial charge in [0, 0.05) is 25.7 Å². The molecule has 3 heterocycles. The summed E-state index contributed by atoms with van der Waals surface area (Å²) in [6, 6.07) is 0.816. The lowest BCUT2D eigenvalue weighted by molar-refractivity contribution is -0.0652. The molecule has 0 unspecified atom stereocenters. The number of fused-ring (bicyclic) bond motifs is 1. The van der Waals surface area contributed by atoms with Crippen molar-refractivity contribution in [2.75, 3.05) is 39.3 Å². The molecular weight excluding hydrogens is 252 g/mol. The van der Waals surface area contributed by atoms with Gasteiger partial charge < -0.3 is 20.0 Å². The van der Waals surface area contributed by atoms with E-state index in [1.54, 1.807) is 0 Å². The Morgan fingerprint density at radius 3 is 2.45 bits per heavy atom. The van der Waals surface area contributed by atoms with Crippen LogP contribution in [0.2, 0.25) is 0 Å². The summed E-state index contributed by atoms with van der Waals surface area (Å²) in [6.45, 7) is 5.63. The Bertz CT molecular complexity index is 314. The predicted molar refractivity (Wildman–Crippen MR) is 79.6 cm³/mol. The fourth-order valence-electron chi connectivity index (χ4n) is 4.43. The highest BCUT2D eigenvalue weighted by molar-refractivity contribution is 4.91. The van der Waals surface area contributed by atoms with E-state index in [-0.39, 0.29) is 6.61 Å². The van der Waals surface area contributed by atoms with Crippen LogP contribution >= 0.6 is 0 Å². The number of rotatable bonds is 3. The standard InChI is InChI=1S/C16H30N2O2/c19-13-16(20)6-10-17(11-7-16)12-14-4-3-9-18-8-2-1-5-15(14)18/h14-15,19-20H,1-13H2/t14-,15+/m0/s1. The zero-order chi connectivity index (χ0) is 14.0. The van der Waals surface area contributed by atoms with E-state index < -0.39 is 5.60 Å². The Morgan fingerprint density at radius 2 is 1.70 bits per heavy atom. The third-order valence-electron chi connectivity index (χ3n) is 5.80. The van der Waals surface area contributed by atoms with Gasteiger partial charge in [-0.1, -0.05) is 6.42 Å². The van der Waals surface area contributed by atoms with E-state index in [0.29, 0.717) is 0 Å². The van der Waals surface area contributed by atoms with Gasteiger partial charge in [0.05, 0.1) is 12.2 Å². The Hall–Kier alpha value is -0.160. The molecular formula is C16H30N2O2. The maximum absolute atomic E-state index is 10.1. The Morgan fingerprint density at radius 1 is 0.950 bits per heavy atom. The van der Waals surface area contributed by atoms with Gasteiger partial charge >= 0.3 is 0 Å². The van der Waals surface area contributed by atoms with Crippen molar-refractivity contribution in [2.24, 2.45) is 5.92 Å². The predicted octanol–water partition coefficient (Wildman–Crippen LogP) is 1.07. The number of hydrogen-bond acceptors (Lipinski definition) is 4. The average Bonchev–Trinajstić information content (AvgIpc) is 2.50. The van der Waals surface area contributed by atoms with Crippen molar-refractivity contribution in [3.63, 3.8) is 0 Å². The van der Waals surface area contributed by atoms with Gasteiger partial charge in [0.25, 0.3) is 0 Å². The topological polar surface area (TPSA) is 46.9 Å². The van der Waals surface area contributed by atoms with Gasteiger partial charge in [-0.15, -0.1) is 0 Å². The largest absolute Gasteiger partial charge is 0.393 e. The molecule has 3 aliphatic heterocycles. The molecule has 3 rings (SSSR count). The first-order valence-electron chi connectivity index (χ1n) is 8.50. The summed E-state index contributed by atoms with van der Waals surface area (Å²) in [5, 5.41) is 19.3. The van der Waals surface area contributed by atoms with Gasteiger partial charge in [-0.25, -0.2) is 0 Å². The Labute approximate surface area is 122 Å². The van der Waals surface area contributed by atoms with Gasteiger partial charge in [0.15, 0.2) is 0 Å². The second kappa shape index (κ2) is 6.30. The minimum Gasteiger partial charge on any atom is -0.393 e. The number of piperidine rings is 3. The van der Waals surface area contributed by atoms with Crippen LogP contribution in [0.1, 0.15) is 44.9 Å². The molecule has 116 valence electrons. The first-order valence-corrected chi connectivity index (χ1v) is 8.50. The molecule has 0 aromatic carbocycles. The summed E-state index contributed by atoms with van der Waals surface area (Å²) in [4.78, 5) is 5.25. The van der Waals surface area contributed by atoms with Crippen molar-refractivity contribution in [3.05, 3.63) is 0 Å². The molecule has 2 N–H and O–H groups in total. The summed E-state index contributed by atoms with van der Waals surface area (Å²) in [7, 11) is 0. The van der Waals surface area contributed by atoms with Crippen molar-refractivity contribution in [2.45, 2.75) is 56.6 Å². The molecule has 0 amide bonds. The van der Waals surface area contributed by atoms with Crippen LogP contribution in [0.15, 0.2) is 0 Å². The fourth-order valence-corrected chi connectivity index (χ4v) is 4.43. The SMILES string of the molecule is OCC1(O)CCN(C[C@@H]2CCCN3CCCC[C@H]23)CC1. The number of aliphatic hydroxyl groups excluding tert-OH is 1. The molecule has 0 aliphatic carbocycles. The third kappa shape index (κ3) is 3.19. The zero-order valence-electron chi connectivity index (χ0n) is 12.6. The molecule has 0 aromatic rings. The van der Waals surface area contributed by atoms with Crippen LogP contribution in [0.3, 0.4) is 0 Å². The van der Waals surface area contributed by atoms with E-state index in [4.69, 9.17) is 0 Å². The highest BCUT2D eigenvalue weighted by Gasteiger charge is 2.36. The molecule has 3 aliphatic rings. The monoisotopic (exact) mass is 282 g/mol. The van der Waals surface area contributed by atoms with Gasteiger partial charge in [0.2, 0.25) is 0 Å². The Balaban J connectivity index is 1.52. The van der Waals surface area contributed by atoms with Gasteiger partial charge in [-0.3, -0.25) is 0 Å². The summed E-state index contributed by atoms with van der Waals surface area (Å²) in [6.07, 6.45) is 8.37. The van der Waals surface area contributed by atoms with Crippen LogP contribution < -0.4 is 0 Å². The van der Waals surface area contributed by atoms with E-state index in [9.17, 15) is 10.2 Å². The van der Waals surface area contributed by atoms with Crippen molar-refractivity contribution < 1.29 is 10.2 Å². The number of likely N-dealkylation sites (tertiary alicyclic amines) is 1. The summed E-state index contributed by atoms with van der Waals surface area (Å²) < 4.78 is 0. The summed E-state index contributed by atoms with van der Waals surface area (Å²) in [5.74, 6) is 0.823. The lowest BCUT2D eigenvalue weighted by Crippen LogP contribution is -2.53. The van der Waals surface area contributed by atoms with Crippen molar-refractivity contribution in [3.8, 4) is 0 Å². The molecule has 3 fully saturated rings. The molecule has 2 atom stereocenters. The van der Waals surface area contributed by atoms with Crippen molar-refractivity contribution in [1.29, 1.82) is 0 Å².